The second-order valence-corrected chi connectivity index (χ2v) is 10.2. The molecule has 150 valence electrons. The fraction of sp³-hybridized carbons (Fsp3) is 0.650. The maximum Gasteiger partial charge on any atom is 0.222 e. The van der Waals surface area contributed by atoms with Crippen LogP contribution in [-0.2, 0) is 21.1 Å². The standard InChI is InChI=1S/C20H28N2O3S.ClH/c23-20(9-8-17-6-7-17)22-13-12-21(11-10-16-4-2-1-3-5-16)18-14-26(24,25)15-19(18)22;/h1-5,17-19H,6-15H2;1H/t18-,19+;/m1./s1. The summed E-state index contributed by atoms with van der Waals surface area (Å²) in [5.41, 5.74) is 1.27. The Bertz CT molecular complexity index is 752. The van der Waals surface area contributed by atoms with Gasteiger partial charge >= 0.3 is 0 Å². The number of hydrogen-bond donors (Lipinski definition) is 0. The lowest BCUT2D eigenvalue weighted by atomic mass is 10.0. The van der Waals surface area contributed by atoms with Gasteiger partial charge in [0.15, 0.2) is 9.84 Å². The van der Waals surface area contributed by atoms with Crippen LogP contribution in [0.2, 0.25) is 0 Å². The number of carbonyl (C=O) groups excluding carboxylic acids is 1. The number of carbonyl (C=O) groups is 1. The van der Waals surface area contributed by atoms with Crippen LogP contribution >= 0.6 is 12.4 Å². The average Bonchev–Trinajstić information content (AvgIpc) is 3.39. The molecule has 1 aliphatic carbocycles. The quantitative estimate of drug-likeness (QED) is 0.718. The van der Waals surface area contributed by atoms with Crippen molar-refractivity contribution in [1.82, 2.24) is 9.80 Å². The molecule has 27 heavy (non-hydrogen) atoms. The first-order chi connectivity index (χ1) is 12.5. The first-order valence-corrected chi connectivity index (χ1v) is 11.6. The maximum atomic E-state index is 12.7. The maximum absolute atomic E-state index is 12.7. The molecule has 0 aromatic heterocycles. The van der Waals surface area contributed by atoms with Gasteiger partial charge in [-0.2, -0.15) is 0 Å². The lowest BCUT2D eigenvalue weighted by molar-refractivity contribution is -0.137. The van der Waals surface area contributed by atoms with Gasteiger partial charge in [-0.3, -0.25) is 9.69 Å². The highest BCUT2D eigenvalue weighted by atomic mass is 35.5. The smallest absolute Gasteiger partial charge is 0.222 e. The molecular weight excluding hydrogens is 384 g/mol. The van der Waals surface area contributed by atoms with Crippen molar-refractivity contribution in [3.63, 3.8) is 0 Å². The number of sulfone groups is 1. The summed E-state index contributed by atoms with van der Waals surface area (Å²) >= 11 is 0. The first kappa shape index (κ1) is 20.6. The van der Waals surface area contributed by atoms with Crippen LogP contribution in [-0.4, -0.2) is 67.3 Å². The van der Waals surface area contributed by atoms with Gasteiger partial charge < -0.3 is 4.90 Å². The third-order valence-electron chi connectivity index (χ3n) is 6.11. The molecule has 1 saturated carbocycles. The van der Waals surface area contributed by atoms with Crippen molar-refractivity contribution in [2.45, 2.75) is 44.2 Å². The second-order valence-electron chi connectivity index (χ2n) is 8.05. The van der Waals surface area contributed by atoms with Crippen molar-refractivity contribution in [2.24, 2.45) is 5.92 Å². The van der Waals surface area contributed by atoms with E-state index in [0.29, 0.717) is 13.0 Å². The molecule has 0 bridgehead atoms. The lowest BCUT2D eigenvalue weighted by Crippen LogP contribution is -2.60. The first-order valence-electron chi connectivity index (χ1n) is 9.80. The van der Waals surface area contributed by atoms with Crippen LogP contribution in [0.15, 0.2) is 30.3 Å². The van der Waals surface area contributed by atoms with Crippen LogP contribution in [0, 0.1) is 5.92 Å². The summed E-state index contributed by atoms with van der Waals surface area (Å²) in [5.74, 6) is 1.22. The Kier molecular flexibility index (Phi) is 6.49. The molecule has 0 radical (unpaired) electrons. The van der Waals surface area contributed by atoms with Crippen LogP contribution in [0.4, 0.5) is 0 Å². The van der Waals surface area contributed by atoms with Crippen molar-refractivity contribution in [3.05, 3.63) is 35.9 Å². The predicted octanol–water partition coefficient (Wildman–Crippen LogP) is 2.15. The van der Waals surface area contributed by atoms with E-state index in [9.17, 15) is 13.2 Å². The van der Waals surface area contributed by atoms with E-state index in [0.717, 1.165) is 31.8 Å². The molecule has 0 unspecified atom stereocenters. The van der Waals surface area contributed by atoms with E-state index in [-0.39, 0.29) is 41.9 Å². The largest absolute Gasteiger partial charge is 0.336 e. The molecular formula is C20H29ClN2O3S. The summed E-state index contributed by atoms with van der Waals surface area (Å²) in [6.07, 6.45) is 4.97. The van der Waals surface area contributed by atoms with Gasteiger partial charge in [-0.1, -0.05) is 43.2 Å². The molecule has 7 heteroatoms. The predicted molar refractivity (Wildman–Crippen MR) is 109 cm³/mol. The number of nitrogens with zero attached hydrogens (tertiary/aromatic N) is 2. The molecule has 3 fully saturated rings. The van der Waals surface area contributed by atoms with E-state index >= 15 is 0 Å². The van der Waals surface area contributed by atoms with Crippen LogP contribution in [0.3, 0.4) is 0 Å². The minimum Gasteiger partial charge on any atom is -0.336 e. The normalized spacial score (nSPS) is 27.0. The fourth-order valence-corrected chi connectivity index (χ4v) is 6.42. The molecule has 5 nitrogen and oxygen atoms in total. The Balaban J connectivity index is 0.00000210. The fourth-order valence-electron chi connectivity index (χ4n) is 4.41. The molecule has 3 aliphatic rings. The summed E-state index contributed by atoms with van der Waals surface area (Å²) in [5, 5.41) is 0. The highest BCUT2D eigenvalue weighted by Gasteiger charge is 2.47. The zero-order valence-corrected chi connectivity index (χ0v) is 17.3. The number of halogens is 1. The molecule has 2 heterocycles. The number of fused-ring (bicyclic) bond motifs is 1. The van der Waals surface area contributed by atoms with E-state index in [1.165, 1.54) is 18.4 Å². The lowest BCUT2D eigenvalue weighted by Gasteiger charge is -2.44. The van der Waals surface area contributed by atoms with Crippen molar-refractivity contribution < 1.29 is 13.2 Å². The Morgan fingerprint density at radius 1 is 1.04 bits per heavy atom. The van der Waals surface area contributed by atoms with Crippen molar-refractivity contribution in [2.75, 3.05) is 31.1 Å². The van der Waals surface area contributed by atoms with Crippen LogP contribution < -0.4 is 0 Å². The molecule has 1 aromatic carbocycles. The number of rotatable bonds is 6. The van der Waals surface area contributed by atoms with Crippen molar-refractivity contribution in [1.29, 1.82) is 0 Å². The Hall–Kier alpha value is -1.11. The SMILES string of the molecule is Cl.O=C(CCC1CC1)N1CCN(CCc2ccccc2)[C@@H]2CS(=O)(=O)C[C@@H]21. The molecule has 1 amide bonds. The van der Waals surface area contributed by atoms with Gasteiger partial charge in [-0.05, 0) is 24.3 Å². The van der Waals surface area contributed by atoms with E-state index in [2.05, 4.69) is 17.0 Å². The van der Waals surface area contributed by atoms with Gasteiger partial charge in [-0.25, -0.2) is 8.42 Å². The van der Waals surface area contributed by atoms with E-state index < -0.39 is 9.84 Å². The Labute approximate surface area is 168 Å². The molecule has 2 atom stereocenters. The van der Waals surface area contributed by atoms with Gasteiger partial charge in [-0.15, -0.1) is 12.4 Å². The van der Waals surface area contributed by atoms with Crippen LogP contribution in [0.1, 0.15) is 31.2 Å². The molecule has 0 spiro atoms. The molecule has 0 N–H and O–H groups in total. The van der Waals surface area contributed by atoms with Gasteiger partial charge in [0.25, 0.3) is 0 Å². The summed E-state index contributed by atoms with van der Waals surface area (Å²) in [4.78, 5) is 16.9. The topological polar surface area (TPSA) is 57.7 Å². The number of benzene rings is 1. The second kappa shape index (κ2) is 8.50. The number of piperazine rings is 1. The van der Waals surface area contributed by atoms with Crippen molar-refractivity contribution in [3.8, 4) is 0 Å². The van der Waals surface area contributed by atoms with Crippen LogP contribution in [0.25, 0.3) is 0 Å². The van der Waals surface area contributed by atoms with Crippen LogP contribution in [0.5, 0.6) is 0 Å². The molecule has 4 rings (SSSR count). The third kappa shape index (κ3) is 5.04. The molecule has 2 saturated heterocycles. The third-order valence-corrected chi connectivity index (χ3v) is 7.80. The Morgan fingerprint density at radius 3 is 2.44 bits per heavy atom. The zero-order chi connectivity index (χ0) is 18.1. The minimum absolute atomic E-state index is 0. The highest BCUT2D eigenvalue weighted by Crippen LogP contribution is 2.34. The summed E-state index contributed by atoms with van der Waals surface area (Å²) in [7, 11) is -3.07. The molecule has 1 aromatic rings. The van der Waals surface area contributed by atoms with Crippen molar-refractivity contribution >= 4 is 28.2 Å². The van der Waals surface area contributed by atoms with Gasteiger partial charge in [0.1, 0.15) is 0 Å². The van der Waals surface area contributed by atoms with Gasteiger partial charge in [0.05, 0.1) is 17.5 Å². The molecule has 2 aliphatic heterocycles. The van der Waals surface area contributed by atoms with E-state index in [1.807, 2.05) is 23.1 Å². The summed E-state index contributed by atoms with van der Waals surface area (Å²) in [6.45, 7) is 2.29. The van der Waals surface area contributed by atoms with Gasteiger partial charge in [0.2, 0.25) is 5.91 Å². The number of hydrogen-bond acceptors (Lipinski definition) is 4. The highest BCUT2D eigenvalue weighted by molar-refractivity contribution is 7.91. The minimum atomic E-state index is -3.07. The van der Waals surface area contributed by atoms with E-state index in [1.54, 1.807) is 0 Å². The Morgan fingerprint density at radius 2 is 1.74 bits per heavy atom. The summed E-state index contributed by atoms with van der Waals surface area (Å²) in [6, 6.07) is 10.1. The zero-order valence-electron chi connectivity index (χ0n) is 15.6. The van der Waals surface area contributed by atoms with E-state index in [4.69, 9.17) is 0 Å². The van der Waals surface area contributed by atoms with Gasteiger partial charge in [0, 0.05) is 32.1 Å². The summed E-state index contributed by atoms with van der Waals surface area (Å²) < 4.78 is 24.6. The monoisotopic (exact) mass is 412 g/mol. The number of amides is 1. The average molecular weight is 413 g/mol.